The van der Waals surface area contributed by atoms with Crippen LogP contribution in [-0.2, 0) is 9.59 Å². The van der Waals surface area contributed by atoms with Gasteiger partial charge in [0.1, 0.15) is 5.75 Å². The normalized spacial score (nSPS) is 14.1. The van der Waals surface area contributed by atoms with Gasteiger partial charge in [0.25, 0.3) is 5.91 Å². The molecule has 27 heavy (non-hydrogen) atoms. The molecule has 6 heteroatoms. The van der Waals surface area contributed by atoms with Crippen LogP contribution in [0.25, 0.3) is 5.57 Å². The molecule has 140 valence electrons. The van der Waals surface area contributed by atoms with E-state index in [-0.39, 0.29) is 5.57 Å². The van der Waals surface area contributed by atoms with E-state index in [0.29, 0.717) is 23.6 Å². The number of hydrogen-bond donors (Lipinski definition) is 1. The summed E-state index contributed by atoms with van der Waals surface area (Å²) < 4.78 is 5.52. The van der Waals surface area contributed by atoms with Gasteiger partial charge in [-0.2, -0.15) is 0 Å². The number of hydrogen-bond acceptors (Lipinski definition) is 5. The summed E-state index contributed by atoms with van der Waals surface area (Å²) >= 11 is 0. The maximum Gasteiger partial charge on any atom is 0.301 e. The number of aliphatic hydroxyl groups is 1. The smallest absolute Gasteiger partial charge is 0.301 e. The zero-order valence-corrected chi connectivity index (χ0v) is 15.6. The molecule has 0 aliphatic carbocycles. The van der Waals surface area contributed by atoms with Crippen molar-refractivity contribution in [1.29, 1.82) is 0 Å². The van der Waals surface area contributed by atoms with Gasteiger partial charge in [-0.3, -0.25) is 9.59 Å². The van der Waals surface area contributed by atoms with Crippen LogP contribution in [0.3, 0.4) is 0 Å². The first-order valence-electron chi connectivity index (χ1n) is 8.76. The minimum Gasteiger partial charge on any atom is -0.502 e. The molecule has 0 fully saturated rings. The van der Waals surface area contributed by atoms with Crippen LogP contribution in [-0.4, -0.2) is 37.6 Å². The Morgan fingerprint density at radius 2 is 1.59 bits per heavy atom. The van der Waals surface area contributed by atoms with Gasteiger partial charge in [-0.25, -0.2) is 4.90 Å². The highest BCUT2D eigenvalue weighted by atomic mass is 16.5. The largest absolute Gasteiger partial charge is 0.502 e. The average Bonchev–Trinajstić information content (AvgIpc) is 2.89. The second kappa shape index (κ2) is 7.53. The predicted molar refractivity (Wildman–Crippen MR) is 105 cm³/mol. The molecule has 0 radical (unpaired) electrons. The summed E-state index contributed by atoms with van der Waals surface area (Å²) in [4.78, 5) is 28.2. The van der Waals surface area contributed by atoms with Crippen LogP contribution < -0.4 is 14.5 Å². The Kier molecular flexibility index (Phi) is 5.16. The lowest BCUT2D eigenvalue weighted by atomic mass is 10.1. The SMILES string of the molecule is CCCOc1ccc(C2=C(O)C(=O)N(c3ccc(N(C)C)cc3)C2=O)cc1. The minimum absolute atomic E-state index is 0.00118. The van der Waals surface area contributed by atoms with E-state index in [9.17, 15) is 14.7 Å². The van der Waals surface area contributed by atoms with Gasteiger partial charge in [-0.05, 0) is 48.4 Å². The first-order valence-corrected chi connectivity index (χ1v) is 8.76. The number of ether oxygens (including phenoxy) is 1. The number of benzene rings is 2. The fraction of sp³-hybridized carbons (Fsp3) is 0.238. The van der Waals surface area contributed by atoms with Crippen LogP contribution in [0.15, 0.2) is 54.3 Å². The van der Waals surface area contributed by atoms with Crippen LogP contribution in [0.2, 0.25) is 0 Å². The number of carbonyl (C=O) groups is 2. The van der Waals surface area contributed by atoms with Crippen LogP contribution in [0, 0.1) is 0 Å². The average molecular weight is 366 g/mol. The summed E-state index contributed by atoms with van der Waals surface area (Å²) in [6, 6.07) is 13.8. The topological polar surface area (TPSA) is 70.1 Å². The van der Waals surface area contributed by atoms with Crippen LogP contribution in [0.5, 0.6) is 5.75 Å². The molecular weight excluding hydrogens is 344 g/mol. The molecule has 0 spiro atoms. The van der Waals surface area contributed by atoms with Crippen molar-refractivity contribution in [1.82, 2.24) is 0 Å². The number of anilines is 2. The number of nitrogens with zero attached hydrogens (tertiary/aromatic N) is 2. The predicted octanol–water partition coefficient (Wildman–Crippen LogP) is 3.38. The highest BCUT2D eigenvalue weighted by Crippen LogP contribution is 2.33. The molecule has 0 atom stereocenters. The van der Waals surface area contributed by atoms with E-state index in [1.807, 2.05) is 38.1 Å². The van der Waals surface area contributed by atoms with E-state index in [0.717, 1.165) is 17.0 Å². The Bertz CT molecular complexity index is 883. The molecule has 1 N–H and O–H groups in total. The van der Waals surface area contributed by atoms with Gasteiger partial charge in [0.05, 0.1) is 17.9 Å². The lowest BCUT2D eigenvalue weighted by Gasteiger charge is -2.17. The highest BCUT2D eigenvalue weighted by molar-refractivity contribution is 6.44. The molecule has 2 amide bonds. The second-order valence-electron chi connectivity index (χ2n) is 6.45. The number of imide groups is 1. The maximum absolute atomic E-state index is 12.8. The van der Waals surface area contributed by atoms with Crippen LogP contribution in [0.4, 0.5) is 11.4 Å². The standard InChI is InChI=1S/C21H22N2O4/c1-4-13-27-17-11-5-14(6-12-17)18-19(24)21(26)23(20(18)25)16-9-7-15(8-10-16)22(2)3/h5-12,24H,4,13H2,1-3H3. The zero-order chi connectivity index (χ0) is 19.6. The second-order valence-corrected chi connectivity index (χ2v) is 6.45. The van der Waals surface area contributed by atoms with Crippen molar-refractivity contribution in [3.63, 3.8) is 0 Å². The fourth-order valence-electron chi connectivity index (χ4n) is 2.85. The van der Waals surface area contributed by atoms with Gasteiger partial charge in [0.2, 0.25) is 0 Å². The summed E-state index contributed by atoms with van der Waals surface area (Å²) in [7, 11) is 3.81. The molecule has 2 aromatic carbocycles. The van der Waals surface area contributed by atoms with Gasteiger partial charge >= 0.3 is 5.91 Å². The van der Waals surface area contributed by atoms with E-state index in [1.165, 1.54) is 0 Å². The number of aliphatic hydroxyl groups excluding tert-OH is 1. The minimum atomic E-state index is -0.723. The summed E-state index contributed by atoms with van der Waals surface area (Å²) in [5.41, 5.74) is 1.83. The summed E-state index contributed by atoms with van der Waals surface area (Å²) in [6.07, 6.45) is 0.891. The summed E-state index contributed by atoms with van der Waals surface area (Å²) in [5.74, 6) is -1.14. The molecule has 0 aromatic heterocycles. The van der Waals surface area contributed by atoms with Crippen molar-refractivity contribution < 1.29 is 19.4 Å². The summed E-state index contributed by atoms with van der Waals surface area (Å²) in [6.45, 7) is 2.61. The van der Waals surface area contributed by atoms with Crippen molar-refractivity contribution in [2.45, 2.75) is 13.3 Å². The van der Waals surface area contributed by atoms with Gasteiger partial charge in [-0.1, -0.05) is 19.1 Å². The van der Waals surface area contributed by atoms with Crippen LogP contribution in [0.1, 0.15) is 18.9 Å². The van der Waals surface area contributed by atoms with Gasteiger partial charge in [0, 0.05) is 19.8 Å². The molecule has 1 heterocycles. The van der Waals surface area contributed by atoms with E-state index >= 15 is 0 Å². The molecule has 1 aliphatic rings. The van der Waals surface area contributed by atoms with Crippen molar-refractivity contribution >= 4 is 28.8 Å². The molecule has 1 aliphatic heterocycles. The van der Waals surface area contributed by atoms with Gasteiger partial charge < -0.3 is 14.7 Å². The number of amides is 2. The lowest BCUT2D eigenvalue weighted by Crippen LogP contribution is -2.31. The Morgan fingerprint density at radius 3 is 2.15 bits per heavy atom. The van der Waals surface area contributed by atoms with Gasteiger partial charge in [-0.15, -0.1) is 0 Å². The lowest BCUT2D eigenvalue weighted by molar-refractivity contribution is -0.121. The van der Waals surface area contributed by atoms with E-state index in [4.69, 9.17) is 4.74 Å². The third-order valence-electron chi connectivity index (χ3n) is 4.30. The number of carbonyl (C=O) groups excluding carboxylic acids is 2. The molecule has 3 rings (SSSR count). The van der Waals surface area contributed by atoms with Crippen molar-refractivity contribution in [3.8, 4) is 5.75 Å². The monoisotopic (exact) mass is 366 g/mol. The Balaban J connectivity index is 1.87. The zero-order valence-electron chi connectivity index (χ0n) is 15.6. The van der Waals surface area contributed by atoms with Crippen molar-refractivity contribution in [2.75, 3.05) is 30.5 Å². The first-order chi connectivity index (χ1) is 12.9. The van der Waals surface area contributed by atoms with E-state index in [2.05, 4.69) is 0 Å². The Hall–Kier alpha value is -3.28. The molecule has 6 nitrogen and oxygen atoms in total. The molecule has 0 unspecified atom stereocenters. The Labute approximate surface area is 158 Å². The van der Waals surface area contributed by atoms with E-state index < -0.39 is 17.6 Å². The Morgan fingerprint density at radius 1 is 0.963 bits per heavy atom. The fourth-order valence-corrected chi connectivity index (χ4v) is 2.85. The molecular formula is C21H22N2O4. The van der Waals surface area contributed by atoms with Gasteiger partial charge in [0.15, 0.2) is 5.76 Å². The number of rotatable bonds is 6. The summed E-state index contributed by atoms with van der Waals surface area (Å²) in [5, 5.41) is 10.3. The molecule has 2 aromatic rings. The third kappa shape index (κ3) is 3.51. The molecule has 0 saturated carbocycles. The van der Waals surface area contributed by atoms with Crippen molar-refractivity contribution in [3.05, 3.63) is 59.9 Å². The van der Waals surface area contributed by atoms with Crippen molar-refractivity contribution in [2.24, 2.45) is 0 Å². The maximum atomic E-state index is 12.8. The molecule has 0 saturated heterocycles. The quantitative estimate of drug-likeness (QED) is 0.794. The highest BCUT2D eigenvalue weighted by Gasteiger charge is 2.40. The van der Waals surface area contributed by atoms with E-state index in [1.54, 1.807) is 36.4 Å². The third-order valence-corrected chi connectivity index (χ3v) is 4.30. The van der Waals surface area contributed by atoms with Crippen LogP contribution >= 0.6 is 0 Å². The first kappa shape index (κ1) is 18.5. The molecule has 0 bridgehead atoms.